The first-order valence-corrected chi connectivity index (χ1v) is 10.9. The molecule has 1 saturated carbocycles. The molecule has 2 N–H and O–H groups in total. The number of hydrogen-bond acceptors (Lipinski definition) is 5. The van der Waals surface area contributed by atoms with Gasteiger partial charge in [0.2, 0.25) is 5.91 Å². The van der Waals surface area contributed by atoms with Gasteiger partial charge >= 0.3 is 6.09 Å². The van der Waals surface area contributed by atoms with E-state index in [0.717, 1.165) is 24.0 Å². The van der Waals surface area contributed by atoms with E-state index in [4.69, 9.17) is 4.74 Å². The summed E-state index contributed by atoms with van der Waals surface area (Å²) in [5.41, 5.74) is 2.44. The normalized spacial score (nSPS) is 13.7. The van der Waals surface area contributed by atoms with Gasteiger partial charge in [0.05, 0.1) is 0 Å². The molecule has 7 heteroatoms. The maximum Gasteiger partial charge on any atom is 0.418 e. The Labute approximate surface area is 179 Å². The van der Waals surface area contributed by atoms with Gasteiger partial charge in [-0.05, 0) is 42.5 Å². The van der Waals surface area contributed by atoms with Crippen molar-refractivity contribution in [3.63, 3.8) is 0 Å². The van der Waals surface area contributed by atoms with E-state index < -0.39 is 6.09 Å². The van der Waals surface area contributed by atoms with E-state index >= 15 is 0 Å². The van der Waals surface area contributed by atoms with Crippen LogP contribution >= 0.6 is 11.3 Å². The standard InChI is InChI=1S/C23H23N3O3S/c27-21(14-16-6-4-5-7-16)25-20-11-10-18(15-19(20)17-8-2-1-3-9-17)29-23(28)26-22-24-12-13-30-22/h1-3,8-13,15-16H,4-7,14H2,(H,25,27)(H,24,26,28). The van der Waals surface area contributed by atoms with Gasteiger partial charge in [-0.15, -0.1) is 11.3 Å². The Hall–Kier alpha value is -3.19. The minimum absolute atomic E-state index is 0.0225. The Morgan fingerprint density at radius 1 is 1.07 bits per heavy atom. The van der Waals surface area contributed by atoms with Crippen LogP contribution in [0.4, 0.5) is 15.6 Å². The van der Waals surface area contributed by atoms with E-state index in [2.05, 4.69) is 15.6 Å². The fraction of sp³-hybridized carbons (Fsp3) is 0.261. The van der Waals surface area contributed by atoms with E-state index in [9.17, 15) is 9.59 Å². The summed E-state index contributed by atoms with van der Waals surface area (Å²) < 4.78 is 5.42. The molecule has 0 spiro atoms. The predicted molar refractivity (Wildman–Crippen MR) is 119 cm³/mol. The zero-order valence-electron chi connectivity index (χ0n) is 16.5. The number of carbonyl (C=O) groups is 2. The lowest BCUT2D eigenvalue weighted by Gasteiger charge is -2.15. The van der Waals surface area contributed by atoms with E-state index in [1.54, 1.807) is 29.8 Å². The summed E-state index contributed by atoms with van der Waals surface area (Å²) in [6.07, 6.45) is 6.21. The molecular weight excluding hydrogens is 398 g/mol. The highest BCUT2D eigenvalue weighted by atomic mass is 32.1. The Balaban J connectivity index is 1.52. The van der Waals surface area contributed by atoms with Gasteiger partial charge in [0.25, 0.3) is 0 Å². The zero-order valence-corrected chi connectivity index (χ0v) is 17.3. The average Bonchev–Trinajstić information content (AvgIpc) is 3.44. The second kappa shape index (κ2) is 9.54. The third-order valence-corrected chi connectivity index (χ3v) is 5.84. The molecule has 154 valence electrons. The number of ether oxygens (including phenoxy) is 1. The van der Waals surface area contributed by atoms with Crippen LogP contribution in [-0.4, -0.2) is 17.0 Å². The number of nitrogens with one attached hydrogen (secondary N) is 2. The lowest BCUT2D eigenvalue weighted by Crippen LogP contribution is -2.17. The van der Waals surface area contributed by atoms with Crippen molar-refractivity contribution in [2.75, 3.05) is 10.6 Å². The van der Waals surface area contributed by atoms with Crippen molar-refractivity contribution in [3.8, 4) is 16.9 Å². The number of amides is 2. The van der Waals surface area contributed by atoms with E-state index in [0.29, 0.717) is 28.9 Å². The molecule has 1 aromatic heterocycles. The van der Waals surface area contributed by atoms with Crippen LogP contribution < -0.4 is 15.4 Å². The van der Waals surface area contributed by atoms with Crippen molar-refractivity contribution in [2.24, 2.45) is 5.92 Å². The quantitative estimate of drug-likeness (QED) is 0.516. The van der Waals surface area contributed by atoms with Crippen molar-refractivity contribution in [1.29, 1.82) is 0 Å². The molecule has 1 aliphatic rings. The molecule has 2 amide bonds. The van der Waals surface area contributed by atoms with Crippen LogP contribution in [0.3, 0.4) is 0 Å². The summed E-state index contributed by atoms with van der Waals surface area (Å²) in [6, 6.07) is 14.9. The number of anilines is 2. The first-order valence-electron chi connectivity index (χ1n) is 10.0. The molecular formula is C23H23N3O3S. The van der Waals surface area contributed by atoms with Crippen LogP contribution in [0.1, 0.15) is 32.1 Å². The number of carbonyl (C=O) groups excluding carboxylic acids is 2. The molecule has 6 nitrogen and oxygen atoms in total. The third-order valence-electron chi connectivity index (χ3n) is 5.15. The Kier molecular flexibility index (Phi) is 6.39. The molecule has 4 rings (SSSR count). The predicted octanol–water partition coefficient (Wildman–Crippen LogP) is 5.94. The number of rotatable bonds is 6. The van der Waals surface area contributed by atoms with Gasteiger partial charge in [0.1, 0.15) is 5.75 Å². The maximum absolute atomic E-state index is 12.6. The van der Waals surface area contributed by atoms with Crippen LogP contribution in [0.2, 0.25) is 0 Å². The minimum Gasteiger partial charge on any atom is -0.410 e. The van der Waals surface area contributed by atoms with Crippen LogP contribution in [-0.2, 0) is 4.79 Å². The number of thiazole rings is 1. The second-order valence-electron chi connectivity index (χ2n) is 7.33. The van der Waals surface area contributed by atoms with E-state index in [1.807, 2.05) is 30.3 Å². The largest absolute Gasteiger partial charge is 0.418 e. The van der Waals surface area contributed by atoms with Crippen LogP contribution in [0.15, 0.2) is 60.1 Å². The number of benzene rings is 2. The lowest BCUT2D eigenvalue weighted by atomic mass is 10.0. The van der Waals surface area contributed by atoms with Crippen molar-refractivity contribution in [1.82, 2.24) is 4.98 Å². The molecule has 0 unspecified atom stereocenters. The van der Waals surface area contributed by atoms with Crippen LogP contribution in [0.25, 0.3) is 11.1 Å². The molecule has 3 aromatic rings. The molecule has 1 fully saturated rings. The Morgan fingerprint density at radius 2 is 1.87 bits per heavy atom. The van der Waals surface area contributed by atoms with Crippen LogP contribution in [0, 0.1) is 5.92 Å². The molecule has 0 saturated heterocycles. The summed E-state index contributed by atoms with van der Waals surface area (Å²) in [7, 11) is 0. The minimum atomic E-state index is -0.609. The van der Waals surface area contributed by atoms with Gasteiger partial charge in [-0.25, -0.2) is 9.78 Å². The summed E-state index contributed by atoms with van der Waals surface area (Å²) >= 11 is 1.31. The maximum atomic E-state index is 12.6. The van der Waals surface area contributed by atoms with Gasteiger partial charge in [0, 0.05) is 29.2 Å². The molecule has 1 aliphatic carbocycles. The zero-order chi connectivity index (χ0) is 20.8. The fourth-order valence-electron chi connectivity index (χ4n) is 3.74. The second-order valence-corrected chi connectivity index (χ2v) is 8.22. The smallest absolute Gasteiger partial charge is 0.410 e. The van der Waals surface area contributed by atoms with Gasteiger partial charge in [-0.2, -0.15) is 0 Å². The summed E-state index contributed by atoms with van der Waals surface area (Å²) in [6.45, 7) is 0. The molecule has 0 atom stereocenters. The molecule has 1 heterocycles. The highest BCUT2D eigenvalue weighted by Gasteiger charge is 2.19. The number of nitrogens with zero attached hydrogens (tertiary/aromatic N) is 1. The molecule has 0 aliphatic heterocycles. The molecule has 0 radical (unpaired) electrons. The number of hydrogen-bond donors (Lipinski definition) is 2. The molecule has 2 aromatic carbocycles. The van der Waals surface area contributed by atoms with Gasteiger partial charge in [-0.3, -0.25) is 10.1 Å². The van der Waals surface area contributed by atoms with Crippen LogP contribution in [0.5, 0.6) is 5.75 Å². The number of aromatic nitrogens is 1. The van der Waals surface area contributed by atoms with E-state index in [-0.39, 0.29) is 5.91 Å². The van der Waals surface area contributed by atoms with E-state index in [1.165, 1.54) is 24.2 Å². The van der Waals surface area contributed by atoms with Gasteiger partial charge in [0.15, 0.2) is 5.13 Å². The van der Waals surface area contributed by atoms with Crippen molar-refractivity contribution >= 4 is 34.2 Å². The van der Waals surface area contributed by atoms with Crippen molar-refractivity contribution in [3.05, 3.63) is 60.1 Å². The first kappa shape index (κ1) is 20.1. The third kappa shape index (κ3) is 5.24. The Morgan fingerprint density at radius 3 is 2.60 bits per heavy atom. The topological polar surface area (TPSA) is 80.3 Å². The highest BCUT2D eigenvalue weighted by Crippen LogP contribution is 2.33. The summed E-state index contributed by atoms with van der Waals surface area (Å²) in [5.74, 6) is 0.883. The monoisotopic (exact) mass is 421 g/mol. The molecule has 0 bridgehead atoms. The highest BCUT2D eigenvalue weighted by molar-refractivity contribution is 7.13. The van der Waals surface area contributed by atoms with Crippen molar-refractivity contribution < 1.29 is 14.3 Å². The average molecular weight is 422 g/mol. The summed E-state index contributed by atoms with van der Waals surface area (Å²) in [5, 5.41) is 7.88. The van der Waals surface area contributed by atoms with Gasteiger partial charge in [-0.1, -0.05) is 43.2 Å². The van der Waals surface area contributed by atoms with Crippen molar-refractivity contribution in [2.45, 2.75) is 32.1 Å². The summed E-state index contributed by atoms with van der Waals surface area (Å²) in [4.78, 5) is 28.7. The molecule has 30 heavy (non-hydrogen) atoms. The van der Waals surface area contributed by atoms with Gasteiger partial charge < -0.3 is 10.1 Å². The SMILES string of the molecule is O=C(CC1CCCC1)Nc1ccc(OC(=O)Nc2nccs2)cc1-c1ccccc1. The lowest BCUT2D eigenvalue weighted by molar-refractivity contribution is -0.117. The first-order chi connectivity index (χ1) is 14.7. The fourth-order valence-corrected chi connectivity index (χ4v) is 4.25. The Bertz CT molecular complexity index is 1000.